The van der Waals surface area contributed by atoms with Gasteiger partial charge in [-0.05, 0) is 50.5 Å². The van der Waals surface area contributed by atoms with Crippen LogP contribution >= 0.6 is 34.5 Å². The fourth-order valence-electron chi connectivity index (χ4n) is 4.11. The van der Waals surface area contributed by atoms with Crippen molar-refractivity contribution in [2.24, 2.45) is 0 Å². The Morgan fingerprint density at radius 3 is 2.35 bits per heavy atom. The Bertz CT molecular complexity index is 1180. The van der Waals surface area contributed by atoms with Crippen LogP contribution in [-0.4, -0.2) is 31.7 Å². The zero-order chi connectivity index (χ0) is 22.2. The first-order valence-corrected chi connectivity index (χ1v) is 13.4. The van der Waals surface area contributed by atoms with E-state index in [1.165, 1.54) is 28.8 Å². The number of anilines is 1. The highest BCUT2D eigenvalue weighted by molar-refractivity contribution is 7.92. The van der Waals surface area contributed by atoms with Crippen LogP contribution in [0.1, 0.15) is 35.2 Å². The molecular formula is C23H24Cl2N2O2S2. The van der Waals surface area contributed by atoms with E-state index < -0.39 is 15.1 Å². The van der Waals surface area contributed by atoms with E-state index >= 15 is 0 Å². The Kier molecular flexibility index (Phi) is 6.63. The summed E-state index contributed by atoms with van der Waals surface area (Å²) < 4.78 is 26.0. The maximum atomic E-state index is 13.0. The van der Waals surface area contributed by atoms with Gasteiger partial charge in [-0.15, -0.1) is 11.3 Å². The Morgan fingerprint density at radius 2 is 1.71 bits per heavy atom. The lowest BCUT2D eigenvalue weighted by atomic mass is 10.0. The number of sulfone groups is 1. The van der Waals surface area contributed by atoms with Crippen molar-refractivity contribution < 1.29 is 8.42 Å². The van der Waals surface area contributed by atoms with Crippen molar-refractivity contribution in [3.63, 3.8) is 0 Å². The summed E-state index contributed by atoms with van der Waals surface area (Å²) in [7, 11) is -3.44. The third kappa shape index (κ3) is 5.08. The summed E-state index contributed by atoms with van der Waals surface area (Å²) in [5.41, 5.74) is 4.84. The van der Waals surface area contributed by atoms with Gasteiger partial charge in [-0.25, -0.2) is 13.4 Å². The standard InChI is InChI=1S/C23H24Cl2N2O2S2/c1-15-9-16(2)11-17(10-15)12-18-14-30-23(26-18)27-7-5-19(6-8-27)31(28,29)20-3-4-21(24)22(25)13-20/h3-4,9-11,13-14,19H,5-8,12H2,1-2H3. The molecule has 0 atom stereocenters. The van der Waals surface area contributed by atoms with Crippen molar-refractivity contribution >= 4 is 49.5 Å². The van der Waals surface area contributed by atoms with E-state index in [9.17, 15) is 8.42 Å². The number of piperidine rings is 1. The van der Waals surface area contributed by atoms with Crippen molar-refractivity contribution in [2.45, 2.75) is 43.3 Å². The van der Waals surface area contributed by atoms with Gasteiger partial charge in [-0.3, -0.25) is 0 Å². The summed E-state index contributed by atoms with van der Waals surface area (Å²) in [6, 6.07) is 11.1. The molecule has 1 fully saturated rings. The second-order valence-electron chi connectivity index (χ2n) is 8.10. The Hall–Kier alpha value is -1.60. The minimum absolute atomic E-state index is 0.241. The number of hydrogen-bond acceptors (Lipinski definition) is 5. The van der Waals surface area contributed by atoms with Gasteiger partial charge in [0, 0.05) is 24.9 Å². The van der Waals surface area contributed by atoms with Crippen LogP contribution in [0.15, 0.2) is 46.7 Å². The zero-order valence-corrected chi connectivity index (χ0v) is 20.6. The fraction of sp³-hybridized carbons (Fsp3) is 0.348. The number of halogens is 2. The van der Waals surface area contributed by atoms with E-state index in [1.807, 2.05) is 0 Å². The van der Waals surface area contributed by atoms with Gasteiger partial charge in [0.15, 0.2) is 15.0 Å². The quantitative estimate of drug-likeness (QED) is 0.429. The van der Waals surface area contributed by atoms with Crippen molar-refractivity contribution in [1.82, 2.24) is 4.98 Å². The van der Waals surface area contributed by atoms with Crippen LogP contribution in [-0.2, 0) is 16.3 Å². The van der Waals surface area contributed by atoms with E-state index in [0.717, 1.165) is 17.2 Å². The lowest BCUT2D eigenvalue weighted by Gasteiger charge is -2.31. The number of aryl methyl sites for hydroxylation is 2. The molecule has 4 rings (SSSR count). The number of hydrogen-bond donors (Lipinski definition) is 0. The molecule has 1 saturated heterocycles. The van der Waals surface area contributed by atoms with Gasteiger partial charge in [0.2, 0.25) is 0 Å². The molecule has 0 spiro atoms. The van der Waals surface area contributed by atoms with E-state index in [1.54, 1.807) is 17.4 Å². The van der Waals surface area contributed by atoms with Crippen LogP contribution in [0.5, 0.6) is 0 Å². The molecule has 2 aromatic carbocycles. The SMILES string of the molecule is Cc1cc(C)cc(Cc2csc(N3CCC(S(=O)(=O)c4ccc(Cl)c(Cl)c4)CC3)n2)c1. The highest BCUT2D eigenvalue weighted by Crippen LogP contribution is 2.32. The summed E-state index contributed by atoms with van der Waals surface area (Å²) in [4.78, 5) is 7.25. The molecule has 0 unspecified atom stereocenters. The van der Waals surface area contributed by atoms with E-state index in [-0.39, 0.29) is 9.92 Å². The lowest BCUT2D eigenvalue weighted by molar-refractivity contribution is 0.529. The molecule has 4 nitrogen and oxygen atoms in total. The van der Waals surface area contributed by atoms with Crippen LogP contribution in [0.25, 0.3) is 0 Å². The summed E-state index contributed by atoms with van der Waals surface area (Å²) in [6.45, 7) is 5.56. The fourth-order valence-corrected chi connectivity index (χ4v) is 7.10. The van der Waals surface area contributed by atoms with Crippen molar-refractivity contribution in [2.75, 3.05) is 18.0 Å². The predicted octanol–water partition coefficient (Wildman–Crippen LogP) is 6.10. The Labute approximate surface area is 197 Å². The average molecular weight is 495 g/mol. The first-order chi connectivity index (χ1) is 14.7. The monoisotopic (exact) mass is 494 g/mol. The summed E-state index contributed by atoms with van der Waals surface area (Å²) >= 11 is 13.6. The normalized spacial score (nSPS) is 15.4. The highest BCUT2D eigenvalue weighted by atomic mass is 35.5. The highest BCUT2D eigenvalue weighted by Gasteiger charge is 2.32. The smallest absolute Gasteiger partial charge is 0.185 e. The molecule has 8 heteroatoms. The van der Waals surface area contributed by atoms with E-state index in [0.29, 0.717) is 31.0 Å². The van der Waals surface area contributed by atoms with Gasteiger partial charge in [-0.2, -0.15) is 0 Å². The molecule has 3 aromatic rings. The molecule has 31 heavy (non-hydrogen) atoms. The van der Waals surface area contributed by atoms with Gasteiger partial charge in [0.05, 0.1) is 25.9 Å². The summed E-state index contributed by atoms with van der Waals surface area (Å²) in [6.07, 6.45) is 1.93. The third-order valence-electron chi connectivity index (χ3n) is 5.58. The molecule has 164 valence electrons. The number of nitrogens with zero attached hydrogens (tertiary/aromatic N) is 2. The second kappa shape index (κ2) is 9.10. The van der Waals surface area contributed by atoms with E-state index in [4.69, 9.17) is 28.2 Å². The molecular weight excluding hydrogens is 471 g/mol. The predicted molar refractivity (Wildman–Crippen MR) is 130 cm³/mol. The van der Waals surface area contributed by atoms with Gasteiger partial charge < -0.3 is 4.90 Å². The van der Waals surface area contributed by atoms with Crippen molar-refractivity contribution in [3.05, 3.63) is 74.2 Å². The molecule has 1 aromatic heterocycles. The largest absolute Gasteiger partial charge is 0.348 e. The first-order valence-electron chi connectivity index (χ1n) is 10.2. The minimum atomic E-state index is -3.44. The molecule has 0 aliphatic carbocycles. The van der Waals surface area contributed by atoms with Crippen LogP contribution in [0.4, 0.5) is 5.13 Å². The maximum absolute atomic E-state index is 13.0. The minimum Gasteiger partial charge on any atom is -0.348 e. The zero-order valence-electron chi connectivity index (χ0n) is 17.4. The van der Waals surface area contributed by atoms with Gasteiger partial charge in [-0.1, -0.05) is 52.5 Å². The molecule has 2 heterocycles. The van der Waals surface area contributed by atoms with Crippen LogP contribution in [0, 0.1) is 13.8 Å². The van der Waals surface area contributed by atoms with Crippen LogP contribution in [0.2, 0.25) is 10.0 Å². The number of rotatable bonds is 5. The number of aromatic nitrogens is 1. The lowest BCUT2D eigenvalue weighted by Crippen LogP contribution is -2.39. The summed E-state index contributed by atoms with van der Waals surface area (Å²) in [5, 5.41) is 3.27. The van der Waals surface area contributed by atoms with Crippen LogP contribution < -0.4 is 4.90 Å². The third-order valence-corrected chi connectivity index (χ3v) is 9.53. The number of benzene rings is 2. The molecule has 0 amide bonds. The van der Waals surface area contributed by atoms with Crippen molar-refractivity contribution in [3.8, 4) is 0 Å². The first kappa shape index (κ1) is 22.6. The second-order valence-corrected chi connectivity index (χ2v) is 12.0. The van der Waals surface area contributed by atoms with Crippen LogP contribution in [0.3, 0.4) is 0 Å². The topological polar surface area (TPSA) is 50.3 Å². The molecule has 0 N–H and O–H groups in total. The average Bonchev–Trinajstić information content (AvgIpc) is 3.17. The molecule has 0 radical (unpaired) electrons. The molecule has 0 bridgehead atoms. The molecule has 0 saturated carbocycles. The summed E-state index contributed by atoms with van der Waals surface area (Å²) in [5.74, 6) is 0. The molecule has 1 aliphatic heterocycles. The number of thiazole rings is 1. The van der Waals surface area contributed by atoms with Gasteiger partial charge in [0.1, 0.15) is 0 Å². The van der Waals surface area contributed by atoms with E-state index in [2.05, 4.69) is 42.3 Å². The maximum Gasteiger partial charge on any atom is 0.185 e. The van der Waals surface area contributed by atoms with Gasteiger partial charge in [0.25, 0.3) is 0 Å². The Balaban J connectivity index is 1.41. The molecule has 1 aliphatic rings. The Morgan fingerprint density at radius 1 is 1.03 bits per heavy atom. The van der Waals surface area contributed by atoms with Crippen molar-refractivity contribution in [1.29, 1.82) is 0 Å². The van der Waals surface area contributed by atoms with Gasteiger partial charge >= 0.3 is 0 Å².